The maximum atomic E-state index is 12.9. The molecule has 0 aliphatic rings. The van der Waals surface area contributed by atoms with Crippen molar-refractivity contribution in [1.82, 2.24) is 0 Å². The lowest BCUT2D eigenvalue weighted by Gasteiger charge is -2.12. The summed E-state index contributed by atoms with van der Waals surface area (Å²) in [5.41, 5.74) is 3.01. The third-order valence-electron chi connectivity index (χ3n) is 5.62. The van der Waals surface area contributed by atoms with Crippen LogP contribution < -0.4 is 4.74 Å². The molecule has 0 aliphatic carbocycles. The standard InChI is InChI=1S/C28H26O3/c1-3-20(21-14-16-23(30-2)17-15-21)10-8-18-31-28(29)27-19-22-9-4-5-11-24(22)25-12-6-7-13-26(25)27/h3-7,9,11-17,19H,8,10,18H2,1-2H3/b20-3+. The molecule has 4 aromatic carbocycles. The number of methoxy groups -OCH3 is 1. The van der Waals surface area contributed by atoms with Crippen molar-refractivity contribution in [2.24, 2.45) is 0 Å². The molecule has 31 heavy (non-hydrogen) atoms. The molecule has 3 heteroatoms. The van der Waals surface area contributed by atoms with Crippen LogP contribution >= 0.6 is 0 Å². The van der Waals surface area contributed by atoms with Crippen molar-refractivity contribution in [3.05, 3.63) is 96.1 Å². The molecule has 0 saturated carbocycles. The molecule has 0 bridgehead atoms. The van der Waals surface area contributed by atoms with Gasteiger partial charge in [0.2, 0.25) is 0 Å². The van der Waals surface area contributed by atoms with Gasteiger partial charge in [-0.15, -0.1) is 0 Å². The van der Waals surface area contributed by atoms with Crippen molar-refractivity contribution in [2.45, 2.75) is 19.8 Å². The summed E-state index contributed by atoms with van der Waals surface area (Å²) in [7, 11) is 1.67. The second-order valence-electron chi connectivity index (χ2n) is 7.47. The number of hydrogen-bond acceptors (Lipinski definition) is 3. The number of esters is 1. The van der Waals surface area contributed by atoms with Gasteiger partial charge < -0.3 is 9.47 Å². The van der Waals surface area contributed by atoms with Crippen LogP contribution in [-0.2, 0) is 4.74 Å². The molecule has 0 spiro atoms. The van der Waals surface area contributed by atoms with Crippen molar-refractivity contribution in [3.63, 3.8) is 0 Å². The van der Waals surface area contributed by atoms with Gasteiger partial charge in [0, 0.05) is 0 Å². The minimum absolute atomic E-state index is 0.270. The van der Waals surface area contributed by atoms with Crippen molar-refractivity contribution in [2.75, 3.05) is 13.7 Å². The van der Waals surface area contributed by atoms with Gasteiger partial charge >= 0.3 is 5.97 Å². The highest BCUT2D eigenvalue weighted by molar-refractivity contribution is 6.15. The van der Waals surface area contributed by atoms with Crippen molar-refractivity contribution in [1.29, 1.82) is 0 Å². The van der Waals surface area contributed by atoms with E-state index in [0.29, 0.717) is 12.2 Å². The lowest BCUT2D eigenvalue weighted by atomic mass is 9.97. The summed E-state index contributed by atoms with van der Waals surface area (Å²) in [5.74, 6) is 0.573. The number of benzene rings is 4. The molecule has 0 unspecified atom stereocenters. The smallest absolute Gasteiger partial charge is 0.338 e. The average molecular weight is 411 g/mol. The first-order valence-corrected chi connectivity index (χ1v) is 10.6. The van der Waals surface area contributed by atoms with Crippen LogP contribution in [0.2, 0.25) is 0 Å². The average Bonchev–Trinajstić information content (AvgIpc) is 2.83. The van der Waals surface area contributed by atoms with Crippen LogP contribution in [0.1, 0.15) is 35.7 Å². The molecule has 0 N–H and O–H groups in total. The lowest BCUT2D eigenvalue weighted by molar-refractivity contribution is 0.0504. The van der Waals surface area contributed by atoms with Gasteiger partial charge in [0.1, 0.15) is 5.75 Å². The van der Waals surface area contributed by atoms with Crippen LogP contribution in [0.25, 0.3) is 27.1 Å². The van der Waals surface area contributed by atoms with E-state index in [1.807, 2.05) is 61.5 Å². The van der Waals surface area contributed by atoms with Crippen LogP contribution in [0.4, 0.5) is 0 Å². The Morgan fingerprint density at radius 1 is 0.871 bits per heavy atom. The van der Waals surface area contributed by atoms with E-state index in [9.17, 15) is 4.79 Å². The fourth-order valence-electron chi connectivity index (χ4n) is 3.99. The van der Waals surface area contributed by atoms with E-state index in [1.165, 1.54) is 5.57 Å². The third kappa shape index (κ3) is 4.46. The Kier molecular flexibility index (Phi) is 6.32. The number of fused-ring (bicyclic) bond motifs is 3. The zero-order valence-corrected chi connectivity index (χ0v) is 17.9. The Labute approximate surface area is 182 Å². The highest BCUT2D eigenvalue weighted by Gasteiger charge is 2.14. The van der Waals surface area contributed by atoms with E-state index in [1.54, 1.807) is 7.11 Å². The molecule has 156 valence electrons. The van der Waals surface area contributed by atoms with Gasteiger partial charge in [-0.05, 0) is 70.6 Å². The minimum atomic E-state index is -0.270. The Morgan fingerprint density at radius 3 is 2.26 bits per heavy atom. The van der Waals surface area contributed by atoms with E-state index in [2.05, 4.69) is 30.3 Å². The SMILES string of the molecule is C/C=C(\CCCOC(=O)c1cc2ccccc2c2ccccc12)c1ccc(OC)cc1. The molecule has 0 heterocycles. The first-order valence-electron chi connectivity index (χ1n) is 10.6. The molecule has 0 fully saturated rings. The van der Waals surface area contributed by atoms with E-state index in [0.717, 1.165) is 45.7 Å². The summed E-state index contributed by atoms with van der Waals surface area (Å²) in [5, 5.41) is 4.19. The summed E-state index contributed by atoms with van der Waals surface area (Å²) in [4.78, 5) is 12.9. The highest BCUT2D eigenvalue weighted by Crippen LogP contribution is 2.29. The molecule has 0 saturated heterocycles. The monoisotopic (exact) mass is 410 g/mol. The zero-order chi connectivity index (χ0) is 21.6. The maximum Gasteiger partial charge on any atom is 0.338 e. The van der Waals surface area contributed by atoms with Crippen LogP contribution in [-0.4, -0.2) is 19.7 Å². The van der Waals surface area contributed by atoms with Gasteiger partial charge in [0.25, 0.3) is 0 Å². The fourth-order valence-corrected chi connectivity index (χ4v) is 3.99. The van der Waals surface area contributed by atoms with Crippen molar-refractivity contribution >= 4 is 33.1 Å². The number of rotatable bonds is 7. The molecule has 0 amide bonds. The quantitative estimate of drug-likeness (QED) is 0.186. The maximum absolute atomic E-state index is 12.9. The summed E-state index contributed by atoms with van der Waals surface area (Å²) < 4.78 is 10.9. The van der Waals surface area contributed by atoms with Gasteiger partial charge in [0.05, 0.1) is 19.3 Å². The van der Waals surface area contributed by atoms with E-state index < -0.39 is 0 Å². The van der Waals surface area contributed by atoms with Gasteiger partial charge in [-0.1, -0.05) is 66.7 Å². The molecule has 0 aliphatic heterocycles. The second-order valence-corrected chi connectivity index (χ2v) is 7.47. The van der Waals surface area contributed by atoms with Crippen LogP contribution in [0.3, 0.4) is 0 Å². The predicted molar refractivity (Wildman–Crippen MR) is 128 cm³/mol. The fraction of sp³-hybridized carbons (Fsp3) is 0.179. The molecule has 0 radical (unpaired) electrons. The second kappa shape index (κ2) is 9.48. The molecule has 0 atom stereocenters. The molecular weight excluding hydrogens is 384 g/mol. The Bertz CT molecular complexity index is 1240. The number of allylic oxidation sites excluding steroid dienone is 2. The summed E-state index contributed by atoms with van der Waals surface area (Å²) in [6.07, 6.45) is 3.72. The van der Waals surface area contributed by atoms with Crippen molar-refractivity contribution in [3.8, 4) is 5.75 Å². The van der Waals surface area contributed by atoms with Gasteiger partial charge in [-0.3, -0.25) is 0 Å². The van der Waals surface area contributed by atoms with Gasteiger partial charge in [-0.25, -0.2) is 4.79 Å². The van der Waals surface area contributed by atoms with Crippen molar-refractivity contribution < 1.29 is 14.3 Å². The topological polar surface area (TPSA) is 35.5 Å². The Balaban J connectivity index is 1.44. The molecule has 0 aromatic heterocycles. The zero-order valence-electron chi connectivity index (χ0n) is 17.9. The molecular formula is C28H26O3. The van der Waals surface area contributed by atoms with E-state index in [4.69, 9.17) is 9.47 Å². The van der Waals surface area contributed by atoms with E-state index >= 15 is 0 Å². The van der Waals surface area contributed by atoms with Crippen LogP contribution in [0.15, 0.2) is 84.9 Å². The highest BCUT2D eigenvalue weighted by atomic mass is 16.5. The van der Waals surface area contributed by atoms with Crippen LogP contribution in [0, 0.1) is 0 Å². The largest absolute Gasteiger partial charge is 0.497 e. The summed E-state index contributed by atoms with van der Waals surface area (Å²) >= 11 is 0. The number of hydrogen-bond donors (Lipinski definition) is 0. The summed E-state index contributed by atoms with van der Waals surface area (Å²) in [6.45, 7) is 2.42. The van der Waals surface area contributed by atoms with E-state index in [-0.39, 0.29) is 5.97 Å². The number of carbonyl (C=O) groups excluding carboxylic acids is 1. The Morgan fingerprint density at radius 2 is 1.55 bits per heavy atom. The lowest BCUT2D eigenvalue weighted by Crippen LogP contribution is -2.07. The minimum Gasteiger partial charge on any atom is -0.497 e. The molecule has 4 rings (SSSR count). The third-order valence-corrected chi connectivity index (χ3v) is 5.62. The Hall–Kier alpha value is -3.59. The van der Waals surface area contributed by atoms with Gasteiger partial charge in [-0.2, -0.15) is 0 Å². The predicted octanol–water partition coefficient (Wildman–Crippen LogP) is 7.04. The van der Waals surface area contributed by atoms with Gasteiger partial charge in [0.15, 0.2) is 0 Å². The first-order chi connectivity index (χ1) is 15.2. The molecule has 3 nitrogen and oxygen atoms in total. The first kappa shape index (κ1) is 20.7. The van der Waals surface area contributed by atoms with Crippen LogP contribution in [0.5, 0.6) is 5.75 Å². The number of ether oxygens (including phenoxy) is 2. The normalized spacial score (nSPS) is 11.6. The molecule has 4 aromatic rings. The summed E-state index contributed by atoms with van der Waals surface area (Å²) in [6, 6.07) is 26.1. The number of carbonyl (C=O) groups is 1.